The Kier molecular flexibility index (Phi) is 3.93. The average Bonchev–Trinajstić information content (AvgIpc) is 2.29. The van der Waals surface area contributed by atoms with Gasteiger partial charge in [0, 0.05) is 53.6 Å². The molecule has 1 aromatic heterocycles. The smallest absolute Gasteiger partial charge is 0.129 e. The van der Waals surface area contributed by atoms with Gasteiger partial charge in [-0.2, -0.15) is 0 Å². The van der Waals surface area contributed by atoms with Gasteiger partial charge in [0.25, 0.3) is 0 Å². The van der Waals surface area contributed by atoms with Crippen molar-refractivity contribution in [1.82, 2.24) is 9.88 Å². The molecule has 1 aromatic carbocycles. The van der Waals surface area contributed by atoms with Crippen molar-refractivity contribution in [2.24, 2.45) is 4.40 Å². The van der Waals surface area contributed by atoms with E-state index in [0.717, 1.165) is 15.7 Å². The summed E-state index contributed by atoms with van der Waals surface area (Å²) in [7, 11) is 3.84. The molecular formula is C12H13ClN4S. The Morgan fingerprint density at radius 3 is 2.89 bits per heavy atom. The summed E-state index contributed by atoms with van der Waals surface area (Å²) in [5, 5.41) is 2.43. The summed E-state index contributed by atoms with van der Waals surface area (Å²) < 4.78 is 4.26. The average molecular weight is 281 g/mol. The third-order valence-corrected chi connectivity index (χ3v) is 3.16. The van der Waals surface area contributed by atoms with Gasteiger partial charge in [0.1, 0.15) is 5.15 Å². The van der Waals surface area contributed by atoms with E-state index in [1.165, 1.54) is 11.9 Å². The van der Waals surface area contributed by atoms with Crippen LogP contribution in [0.25, 0.3) is 10.8 Å². The van der Waals surface area contributed by atoms with E-state index < -0.39 is 0 Å². The molecule has 4 nitrogen and oxygen atoms in total. The van der Waals surface area contributed by atoms with Gasteiger partial charge >= 0.3 is 0 Å². The number of anilines is 1. The van der Waals surface area contributed by atoms with E-state index in [4.69, 9.17) is 17.3 Å². The quantitative estimate of drug-likeness (QED) is 0.309. The number of hydrogen-bond donors (Lipinski definition) is 1. The van der Waals surface area contributed by atoms with Crippen molar-refractivity contribution >= 4 is 46.3 Å². The first kappa shape index (κ1) is 13.0. The highest BCUT2D eigenvalue weighted by Crippen LogP contribution is 2.31. The lowest BCUT2D eigenvalue weighted by Gasteiger charge is -2.06. The molecule has 6 heteroatoms. The maximum Gasteiger partial charge on any atom is 0.129 e. The van der Waals surface area contributed by atoms with Crippen molar-refractivity contribution in [2.75, 3.05) is 19.8 Å². The van der Waals surface area contributed by atoms with Crippen LogP contribution in [0.1, 0.15) is 0 Å². The molecule has 94 valence electrons. The Labute approximate surface area is 115 Å². The van der Waals surface area contributed by atoms with Gasteiger partial charge in [-0.05, 0) is 18.2 Å². The van der Waals surface area contributed by atoms with Crippen molar-refractivity contribution in [2.45, 2.75) is 4.90 Å². The van der Waals surface area contributed by atoms with E-state index in [2.05, 4.69) is 9.38 Å². The fourth-order valence-electron chi connectivity index (χ4n) is 1.47. The first-order chi connectivity index (χ1) is 8.56. The van der Waals surface area contributed by atoms with Crippen LogP contribution < -0.4 is 5.73 Å². The maximum absolute atomic E-state index is 5.92. The molecule has 2 N–H and O–H groups in total. The number of aromatic nitrogens is 1. The number of pyridine rings is 1. The zero-order valence-electron chi connectivity index (χ0n) is 10.1. The molecule has 0 radical (unpaired) electrons. The van der Waals surface area contributed by atoms with E-state index in [0.29, 0.717) is 10.8 Å². The third-order valence-electron chi connectivity index (χ3n) is 2.22. The molecule has 2 rings (SSSR count). The van der Waals surface area contributed by atoms with Crippen molar-refractivity contribution < 1.29 is 0 Å². The zero-order valence-corrected chi connectivity index (χ0v) is 11.7. The summed E-state index contributed by atoms with van der Waals surface area (Å²) in [6.45, 7) is 0. The number of benzene rings is 1. The summed E-state index contributed by atoms with van der Waals surface area (Å²) in [5.74, 6) is 0. The topological polar surface area (TPSA) is 54.5 Å². The van der Waals surface area contributed by atoms with Crippen molar-refractivity contribution in [3.63, 3.8) is 0 Å². The molecule has 2 aromatic rings. The summed E-state index contributed by atoms with van der Waals surface area (Å²) in [6.07, 6.45) is 3.45. The van der Waals surface area contributed by atoms with Gasteiger partial charge in [-0.3, -0.25) is 0 Å². The zero-order chi connectivity index (χ0) is 13.1. The van der Waals surface area contributed by atoms with Gasteiger partial charge in [-0.15, -0.1) is 0 Å². The van der Waals surface area contributed by atoms with E-state index in [1.54, 1.807) is 12.5 Å². The Hall–Kier alpha value is -1.46. The summed E-state index contributed by atoms with van der Waals surface area (Å²) >= 11 is 7.28. The van der Waals surface area contributed by atoms with Crippen molar-refractivity contribution in [1.29, 1.82) is 0 Å². The van der Waals surface area contributed by atoms with E-state index >= 15 is 0 Å². The van der Waals surface area contributed by atoms with Crippen LogP contribution in [0.5, 0.6) is 0 Å². The Morgan fingerprint density at radius 2 is 2.17 bits per heavy atom. The van der Waals surface area contributed by atoms with Crippen LogP contribution in [0.2, 0.25) is 5.15 Å². The van der Waals surface area contributed by atoms with Crippen LogP contribution in [0.4, 0.5) is 5.69 Å². The minimum Gasteiger partial charge on any atom is -0.399 e. The fraction of sp³-hybridized carbons (Fsp3) is 0.167. The SMILES string of the molecule is CN(C)/C=N/Sc1cc(N)cc2cnc(Cl)cc12. The lowest BCUT2D eigenvalue weighted by Crippen LogP contribution is -2.06. The predicted molar refractivity (Wildman–Crippen MR) is 79.2 cm³/mol. The molecule has 0 bridgehead atoms. The molecular weight excluding hydrogens is 268 g/mol. The molecule has 0 unspecified atom stereocenters. The number of nitrogen functional groups attached to an aromatic ring is 1. The molecule has 1 heterocycles. The van der Waals surface area contributed by atoms with Gasteiger partial charge in [-0.25, -0.2) is 9.38 Å². The fourth-order valence-corrected chi connectivity index (χ4v) is 2.44. The monoisotopic (exact) mass is 280 g/mol. The maximum atomic E-state index is 5.92. The second-order valence-corrected chi connectivity index (χ2v) is 5.24. The molecule has 0 spiro atoms. The highest BCUT2D eigenvalue weighted by molar-refractivity contribution is 7.98. The molecule has 0 saturated carbocycles. The standard InChI is InChI=1S/C12H13ClN4S/c1-17(2)7-16-18-11-4-9(14)3-8-6-15-12(13)5-10(8)11/h3-7H,14H2,1-2H3/b16-7+. The first-order valence-corrected chi connectivity index (χ1v) is 6.43. The molecule has 0 aliphatic carbocycles. The summed E-state index contributed by atoms with van der Waals surface area (Å²) in [4.78, 5) is 6.89. The van der Waals surface area contributed by atoms with Crippen LogP contribution in [-0.2, 0) is 0 Å². The van der Waals surface area contributed by atoms with Crippen LogP contribution in [0, 0.1) is 0 Å². The highest BCUT2D eigenvalue weighted by atomic mass is 35.5. The normalized spacial score (nSPS) is 11.3. The number of nitrogens with zero attached hydrogens (tertiary/aromatic N) is 3. The number of fused-ring (bicyclic) bond motifs is 1. The molecule has 0 aliphatic heterocycles. The van der Waals surface area contributed by atoms with Gasteiger partial charge < -0.3 is 10.6 Å². The molecule has 0 fully saturated rings. The Morgan fingerprint density at radius 1 is 1.39 bits per heavy atom. The summed E-state index contributed by atoms with van der Waals surface area (Å²) in [6, 6.07) is 5.58. The second-order valence-electron chi connectivity index (χ2n) is 4.02. The lowest BCUT2D eigenvalue weighted by molar-refractivity contribution is 0.645. The molecule has 0 aliphatic rings. The van der Waals surface area contributed by atoms with Gasteiger partial charge in [0.2, 0.25) is 0 Å². The van der Waals surface area contributed by atoms with Gasteiger partial charge in [0.05, 0.1) is 6.34 Å². The summed E-state index contributed by atoms with van der Waals surface area (Å²) in [5.41, 5.74) is 6.55. The van der Waals surface area contributed by atoms with Crippen molar-refractivity contribution in [3.8, 4) is 0 Å². The number of hydrogen-bond acceptors (Lipinski definition) is 4. The molecule has 0 saturated heterocycles. The van der Waals surface area contributed by atoms with E-state index in [9.17, 15) is 0 Å². The van der Waals surface area contributed by atoms with E-state index in [1.807, 2.05) is 37.2 Å². The Balaban J connectivity index is 2.44. The second kappa shape index (κ2) is 5.46. The van der Waals surface area contributed by atoms with E-state index in [-0.39, 0.29) is 0 Å². The van der Waals surface area contributed by atoms with Gasteiger partial charge in [0.15, 0.2) is 0 Å². The predicted octanol–water partition coefficient (Wildman–Crippen LogP) is 3.07. The number of rotatable bonds is 3. The van der Waals surface area contributed by atoms with Crippen LogP contribution in [0.3, 0.4) is 0 Å². The van der Waals surface area contributed by atoms with Gasteiger partial charge in [-0.1, -0.05) is 11.6 Å². The Bertz CT molecular complexity index is 598. The largest absolute Gasteiger partial charge is 0.399 e. The minimum absolute atomic E-state index is 0.464. The van der Waals surface area contributed by atoms with Crippen molar-refractivity contribution in [3.05, 3.63) is 29.5 Å². The minimum atomic E-state index is 0.464. The van der Waals surface area contributed by atoms with Crippen LogP contribution >= 0.6 is 23.5 Å². The van der Waals surface area contributed by atoms with Crippen LogP contribution in [0.15, 0.2) is 33.7 Å². The third kappa shape index (κ3) is 3.05. The number of nitrogens with two attached hydrogens (primary N) is 1. The molecule has 0 atom stereocenters. The number of halogens is 1. The van der Waals surface area contributed by atoms with Crippen LogP contribution in [-0.4, -0.2) is 30.3 Å². The first-order valence-electron chi connectivity index (χ1n) is 5.28. The molecule has 18 heavy (non-hydrogen) atoms. The molecule has 0 amide bonds. The lowest BCUT2D eigenvalue weighted by atomic mass is 10.1. The highest BCUT2D eigenvalue weighted by Gasteiger charge is 2.05.